The zero-order valence-corrected chi connectivity index (χ0v) is 9.32. The molecule has 2 saturated heterocycles. The quantitative estimate of drug-likeness (QED) is 0.616. The van der Waals surface area contributed by atoms with Crippen LogP contribution in [-0.2, 0) is 4.74 Å². The Labute approximate surface area is 91.6 Å². The number of piperidine rings is 1. The number of aliphatic hydroxyl groups excluding tert-OH is 1. The summed E-state index contributed by atoms with van der Waals surface area (Å²) in [5, 5.41) is 12.2. The molecule has 2 heterocycles. The first kappa shape index (κ1) is 11.3. The van der Waals surface area contributed by atoms with Crippen LogP contribution in [-0.4, -0.2) is 62.0 Å². The zero-order valence-electron chi connectivity index (χ0n) is 9.32. The van der Waals surface area contributed by atoms with Gasteiger partial charge < -0.3 is 15.2 Å². The molecule has 2 aliphatic rings. The zero-order chi connectivity index (χ0) is 10.5. The van der Waals surface area contributed by atoms with Crippen molar-refractivity contribution in [2.75, 3.05) is 46.0 Å². The van der Waals surface area contributed by atoms with E-state index in [1.54, 1.807) is 0 Å². The highest BCUT2D eigenvalue weighted by molar-refractivity contribution is 4.91. The van der Waals surface area contributed by atoms with Crippen LogP contribution in [0.4, 0.5) is 0 Å². The number of likely N-dealkylation sites (tertiary alicyclic amines) is 1. The third kappa shape index (κ3) is 3.14. The molecule has 4 heteroatoms. The fourth-order valence-corrected chi connectivity index (χ4v) is 2.68. The van der Waals surface area contributed by atoms with Crippen LogP contribution in [0.15, 0.2) is 0 Å². The number of ether oxygens (including phenoxy) is 1. The summed E-state index contributed by atoms with van der Waals surface area (Å²) in [7, 11) is 0. The Morgan fingerprint density at radius 1 is 1.33 bits per heavy atom. The van der Waals surface area contributed by atoms with Crippen molar-refractivity contribution in [3.8, 4) is 0 Å². The average Bonchev–Trinajstić information content (AvgIpc) is 2.67. The fraction of sp³-hybridized carbons (Fsp3) is 1.00. The Morgan fingerprint density at radius 3 is 3.07 bits per heavy atom. The van der Waals surface area contributed by atoms with Crippen molar-refractivity contribution in [3.05, 3.63) is 0 Å². The maximum Gasteiger partial charge on any atom is 0.0698 e. The molecule has 15 heavy (non-hydrogen) atoms. The van der Waals surface area contributed by atoms with E-state index in [-0.39, 0.29) is 6.61 Å². The molecule has 2 atom stereocenters. The van der Waals surface area contributed by atoms with E-state index in [1.165, 1.54) is 32.5 Å². The number of nitrogens with one attached hydrogen (secondary N) is 1. The van der Waals surface area contributed by atoms with Crippen molar-refractivity contribution in [1.82, 2.24) is 10.2 Å². The molecular weight excluding hydrogens is 192 g/mol. The van der Waals surface area contributed by atoms with Crippen LogP contribution in [0, 0.1) is 5.92 Å². The highest BCUT2D eigenvalue weighted by Crippen LogP contribution is 2.24. The normalized spacial score (nSPS) is 31.8. The van der Waals surface area contributed by atoms with E-state index in [2.05, 4.69) is 10.2 Å². The van der Waals surface area contributed by atoms with E-state index in [1.807, 2.05) is 0 Å². The van der Waals surface area contributed by atoms with Crippen LogP contribution in [0.2, 0.25) is 0 Å². The van der Waals surface area contributed by atoms with Crippen LogP contribution < -0.4 is 5.32 Å². The Balaban J connectivity index is 1.63. The van der Waals surface area contributed by atoms with Crippen molar-refractivity contribution in [3.63, 3.8) is 0 Å². The number of hydrogen-bond acceptors (Lipinski definition) is 4. The largest absolute Gasteiger partial charge is 0.394 e. The summed E-state index contributed by atoms with van der Waals surface area (Å²) in [4.78, 5) is 2.48. The van der Waals surface area contributed by atoms with Gasteiger partial charge in [0.2, 0.25) is 0 Å². The van der Waals surface area contributed by atoms with Gasteiger partial charge in [-0.15, -0.1) is 0 Å². The molecule has 4 nitrogen and oxygen atoms in total. The smallest absolute Gasteiger partial charge is 0.0698 e. The summed E-state index contributed by atoms with van der Waals surface area (Å²) in [5.74, 6) is 0.858. The second kappa shape index (κ2) is 5.80. The first-order chi connectivity index (χ1) is 7.40. The van der Waals surface area contributed by atoms with Gasteiger partial charge in [-0.3, -0.25) is 4.90 Å². The number of nitrogens with zero attached hydrogens (tertiary/aromatic N) is 1. The summed E-state index contributed by atoms with van der Waals surface area (Å²) < 4.78 is 5.29. The van der Waals surface area contributed by atoms with E-state index in [9.17, 15) is 0 Å². The van der Waals surface area contributed by atoms with Gasteiger partial charge in [-0.2, -0.15) is 0 Å². The van der Waals surface area contributed by atoms with Crippen LogP contribution in [0.25, 0.3) is 0 Å². The summed E-state index contributed by atoms with van der Waals surface area (Å²) in [6.45, 7) is 5.95. The van der Waals surface area contributed by atoms with Gasteiger partial charge in [-0.25, -0.2) is 0 Å². The summed E-state index contributed by atoms with van der Waals surface area (Å²) in [5.41, 5.74) is 0. The number of fused-ring (bicyclic) bond motifs is 1. The van der Waals surface area contributed by atoms with E-state index in [4.69, 9.17) is 9.84 Å². The van der Waals surface area contributed by atoms with Crippen LogP contribution in [0.3, 0.4) is 0 Å². The maximum absolute atomic E-state index is 8.58. The van der Waals surface area contributed by atoms with Gasteiger partial charge in [0.25, 0.3) is 0 Å². The molecular formula is C11H22N2O2. The lowest BCUT2D eigenvalue weighted by molar-refractivity contribution is 0.0773. The molecule has 0 unspecified atom stereocenters. The van der Waals surface area contributed by atoms with E-state index < -0.39 is 0 Å². The lowest BCUT2D eigenvalue weighted by Gasteiger charge is -2.24. The van der Waals surface area contributed by atoms with Crippen molar-refractivity contribution < 1.29 is 9.84 Å². The van der Waals surface area contributed by atoms with Gasteiger partial charge in [0.1, 0.15) is 0 Å². The fourth-order valence-electron chi connectivity index (χ4n) is 2.68. The molecule has 0 aromatic rings. The van der Waals surface area contributed by atoms with Gasteiger partial charge in [-0.05, 0) is 25.3 Å². The molecule has 0 saturated carbocycles. The maximum atomic E-state index is 8.58. The molecule has 0 spiro atoms. The first-order valence-corrected chi connectivity index (χ1v) is 6.04. The Morgan fingerprint density at radius 2 is 2.27 bits per heavy atom. The number of aliphatic hydroxyl groups is 1. The van der Waals surface area contributed by atoms with Crippen LogP contribution in [0.1, 0.15) is 12.8 Å². The van der Waals surface area contributed by atoms with E-state index in [0.717, 1.165) is 25.1 Å². The minimum atomic E-state index is 0.132. The molecule has 0 amide bonds. The predicted molar refractivity (Wildman–Crippen MR) is 58.9 cm³/mol. The molecule has 88 valence electrons. The summed E-state index contributed by atoms with van der Waals surface area (Å²) in [6.07, 6.45) is 2.71. The van der Waals surface area contributed by atoms with Crippen molar-refractivity contribution >= 4 is 0 Å². The molecule has 0 radical (unpaired) electrons. The third-order valence-electron chi connectivity index (χ3n) is 3.46. The van der Waals surface area contributed by atoms with Crippen molar-refractivity contribution in [1.29, 1.82) is 0 Å². The number of hydrogen-bond donors (Lipinski definition) is 2. The summed E-state index contributed by atoms with van der Waals surface area (Å²) in [6, 6.07) is 0.719. The van der Waals surface area contributed by atoms with Gasteiger partial charge in [0.15, 0.2) is 0 Å². The van der Waals surface area contributed by atoms with Gasteiger partial charge in [0, 0.05) is 25.7 Å². The molecule has 0 bridgehead atoms. The topological polar surface area (TPSA) is 44.7 Å². The van der Waals surface area contributed by atoms with Gasteiger partial charge in [-0.1, -0.05) is 0 Å². The number of rotatable bonds is 5. The Kier molecular flexibility index (Phi) is 4.38. The average molecular weight is 214 g/mol. The van der Waals surface area contributed by atoms with Crippen molar-refractivity contribution in [2.24, 2.45) is 5.92 Å². The van der Waals surface area contributed by atoms with E-state index >= 15 is 0 Å². The predicted octanol–water partition coefficient (Wildman–Crippen LogP) is -0.321. The molecule has 2 fully saturated rings. The first-order valence-electron chi connectivity index (χ1n) is 6.04. The molecule has 0 aliphatic carbocycles. The van der Waals surface area contributed by atoms with Crippen LogP contribution >= 0.6 is 0 Å². The molecule has 2 rings (SSSR count). The van der Waals surface area contributed by atoms with Gasteiger partial charge >= 0.3 is 0 Å². The second-order valence-electron chi connectivity index (χ2n) is 4.56. The summed E-state index contributed by atoms with van der Waals surface area (Å²) >= 11 is 0. The standard InChI is InChI=1S/C11H22N2O2/c14-5-7-15-6-4-13-8-10-2-1-3-12-11(10)9-13/h10-12,14H,1-9H2/t10-,11+/m0/s1. The highest BCUT2D eigenvalue weighted by Gasteiger charge is 2.33. The molecule has 2 N–H and O–H groups in total. The lowest BCUT2D eigenvalue weighted by Crippen LogP contribution is -2.40. The van der Waals surface area contributed by atoms with Gasteiger partial charge in [0.05, 0.1) is 19.8 Å². The monoisotopic (exact) mass is 214 g/mol. The highest BCUT2D eigenvalue weighted by atomic mass is 16.5. The second-order valence-corrected chi connectivity index (χ2v) is 4.56. The lowest BCUT2D eigenvalue weighted by atomic mass is 9.94. The minimum Gasteiger partial charge on any atom is -0.394 e. The van der Waals surface area contributed by atoms with Crippen molar-refractivity contribution in [2.45, 2.75) is 18.9 Å². The minimum absolute atomic E-state index is 0.132. The molecule has 0 aromatic carbocycles. The van der Waals surface area contributed by atoms with E-state index in [0.29, 0.717) is 6.61 Å². The SMILES string of the molecule is OCCOCCN1C[C@@H]2CCCN[C@@H]2C1. The Hall–Kier alpha value is -0.160. The third-order valence-corrected chi connectivity index (χ3v) is 3.46. The van der Waals surface area contributed by atoms with Crippen LogP contribution in [0.5, 0.6) is 0 Å². The Bertz CT molecular complexity index is 175. The molecule has 2 aliphatic heterocycles. The molecule has 0 aromatic heterocycles.